The lowest BCUT2D eigenvalue weighted by molar-refractivity contribution is -0.121. The Morgan fingerprint density at radius 1 is 1.35 bits per heavy atom. The van der Waals surface area contributed by atoms with Crippen LogP contribution >= 0.6 is 0 Å². The molecule has 0 bridgehead atoms. The first-order valence-electron chi connectivity index (χ1n) is 6.27. The molecule has 92 valence electrons. The van der Waals surface area contributed by atoms with Gasteiger partial charge in [0.05, 0.1) is 6.10 Å². The second-order valence-electron chi connectivity index (χ2n) is 4.42. The van der Waals surface area contributed by atoms with Crippen molar-refractivity contribution < 1.29 is 9.53 Å². The molecular formula is C14H19NO2. The lowest BCUT2D eigenvalue weighted by Crippen LogP contribution is -2.31. The lowest BCUT2D eigenvalue weighted by atomic mass is 10.1. The molecule has 0 unspecified atom stereocenters. The van der Waals surface area contributed by atoms with Crippen molar-refractivity contribution in [2.75, 3.05) is 13.2 Å². The van der Waals surface area contributed by atoms with Crippen molar-refractivity contribution in [3.63, 3.8) is 0 Å². The van der Waals surface area contributed by atoms with Gasteiger partial charge in [0.1, 0.15) is 0 Å². The maximum Gasteiger partial charge on any atom is 0.220 e. The molecule has 1 saturated heterocycles. The summed E-state index contributed by atoms with van der Waals surface area (Å²) in [6.07, 6.45) is 3.77. The zero-order valence-corrected chi connectivity index (χ0v) is 10.0. The van der Waals surface area contributed by atoms with Crippen LogP contribution in [0.4, 0.5) is 0 Å². The topological polar surface area (TPSA) is 38.3 Å². The Bertz CT molecular complexity index is 344. The Labute approximate surface area is 102 Å². The number of carbonyl (C=O) groups excluding carboxylic acids is 1. The molecule has 1 aromatic rings. The van der Waals surface area contributed by atoms with Crippen molar-refractivity contribution in [2.45, 2.75) is 31.8 Å². The predicted octanol–water partition coefficient (Wildman–Crippen LogP) is 1.91. The minimum atomic E-state index is 0.115. The summed E-state index contributed by atoms with van der Waals surface area (Å²) in [5, 5.41) is 2.93. The molecule has 17 heavy (non-hydrogen) atoms. The fourth-order valence-corrected chi connectivity index (χ4v) is 2.02. The van der Waals surface area contributed by atoms with Gasteiger partial charge in [0.15, 0.2) is 0 Å². The minimum Gasteiger partial charge on any atom is -0.376 e. The van der Waals surface area contributed by atoms with E-state index in [0.29, 0.717) is 13.0 Å². The Morgan fingerprint density at radius 3 is 2.88 bits per heavy atom. The van der Waals surface area contributed by atoms with Crippen LogP contribution in [-0.2, 0) is 16.0 Å². The maximum absolute atomic E-state index is 11.6. The van der Waals surface area contributed by atoms with E-state index in [1.807, 2.05) is 30.3 Å². The fourth-order valence-electron chi connectivity index (χ4n) is 2.02. The Morgan fingerprint density at radius 2 is 2.18 bits per heavy atom. The Balaban J connectivity index is 1.64. The molecule has 2 rings (SSSR count). The molecule has 3 nitrogen and oxygen atoms in total. The van der Waals surface area contributed by atoms with Crippen LogP contribution < -0.4 is 5.32 Å². The number of hydrogen-bond acceptors (Lipinski definition) is 2. The van der Waals surface area contributed by atoms with Gasteiger partial charge in [-0.2, -0.15) is 0 Å². The summed E-state index contributed by atoms with van der Waals surface area (Å²) in [5.41, 5.74) is 1.21. The van der Waals surface area contributed by atoms with E-state index in [2.05, 4.69) is 5.32 Å². The smallest absolute Gasteiger partial charge is 0.220 e. The molecule has 0 aromatic heterocycles. The van der Waals surface area contributed by atoms with Gasteiger partial charge in [0, 0.05) is 19.6 Å². The molecule has 1 aliphatic rings. The number of hydrogen-bond donors (Lipinski definition) is 1. The average molecular weight is 233 g/mol. The average Bonchev–Trinajstić information content (AvgIpc) is 2.88. The molecule has 0 radical (unpaired) electrons. The SMILES string of the molecule is O=C(CCc1ccccc1)NC[C@H]1CCCO1. The Kier molecular flexibility index (Phi) is 4.56. The van der Waals surface area contributed by atoms with Gasteiger partial charge >= 0.3 is 0 Å². The molecule has 1 N–H and O–H groups in total. The van der Waals surface area contributed by atoms with E-state index in [4.69, 9.17) is 4.74 Å². The van der Waals surface area contributed by atoms with Crippen molar-refractivity contribution >= 4 is 5.91 Å². The normalized spacial score (nSPS) is 19.2. The van der Waals surface area contributed by atoms with Gasteiger partial charge in [-0.3, -0.25) is 4.79 Å². The summed E-state index contributed by atoms with van der Waals surface area (Å²) < 4.78 is 5.45. The number of aryl methyl sites for hydroxylation is 1. The van der Waals surface area contributed by atoms with Crippen LogP contribution in [-0.4, -0.2) is 25.2 Å². The molecule has 1 fully saturated rings. The highest BCUT2D eigenvalue weighted by Gasteiger charge is 2.15. The third-order valence-corrected chi connectivity index (χ3v) is 3.03. The molecular weight excluding hydrogens is 214 g/mol. The van der Waals surface area contributed by atoms with E-state index in [9.17, 15) is 4.79 Å². The van der Waals surface area contributed by atoms with E-state index in [1.54, 1.807) is 0 Å². The second kappa shape index (κ2) is 6.40. The van der Waals surface area contributed by atoms with Crippen LogP contribution in [0.15, 0.2) is 30.3 Å². The van der Waals surface area contributed by atoms with E-state index in [1.165, 1.54) is 5.56 Å². The molecule has 3 heteroatoms. The lowest BCUT2D eigenvalue weighted by Gasteiger charge is -2.10. The first kappa shape index (κ1) is 12.1. The van der Waals surface area contributed by atoms with Crippen LogP contribution in [0.2, 0.25) is 0 Å². The first-order chi connectivity index (χ1) is 8.34. The van der Waals surface area contributed by atoms with Crippen molar-refractivity contribution in [2.24, 2.45) is 0 Å². The van der Waals surface area contributed by atoms with Crippen molar-refractivity contribution in [1.82, 2.24) is 5.32 Å². The number of nitrogens with one attached hydrogen (secondary N) is 1. The highest BCUT2D eigenvalue weighted by Crippen LogP contribution is 2.10. The molecule has 1 aromatic carbocycles. The third kappa shape index (κ3) is 4.19. The van der Waals surface area contributed by atoms with Gasteiger partial charge in [0.2, 0.25) is 5.91 Å². The van der Waals surface area contributed by atoms with E-state index < -0.39 is 0 Å². The van der Waals surface area contributed by atoms with E-state index in [-0.39, 0.29) is 12.0 Å². The molecule has 1 amide bonds. The van der Waals surface area contributed by atoms with E-state index >= 15 is 0 Å². The molecule has 1 aliphatic heterocycles. The zero-order chi connectivity index (χ0) is 11.9. The number of carbonyl (C=O) groups is 1. The third-order valence-electron chi connectivity index (χ3n) is 3.03. The zero-order valence-electron chi connectivity index (χ0n) is 10.0. The van der Waals surface area contributed by atoms with Gasteiger partial charge in [-0.25, -0.2) is 0 Å². The summed E-state index contributed by atoms with van der Waals surface area (Å²) in [4.78, 5) is 11.6. The number of rotatable bonds is 5. The molecule has 0 spiro atoms. The van der Waals surface area contributed by atoms with Gasteiger partial charge in [-0.1, -0.05) is 30.3 Å². The van der Waals surface area contributed by atoms with Crippen LogP contribution in [0.3, 0.4) is 0 Å². The van der Waals surface area contributed by atoms with Gasteiger partial charge < -0.3 is 10.1 Å². The van der Waals surface area contributed by atoms with Crippen molar-refractivity contribution in [3.8, 4) is 0 Å². The largest absolute Gasteiger partial charge is 0.376 e. The van der Waals surface area contributed by atoms with Crippen LogP contribution in [0.5, 0.6) is 0 Å². The fraction of sp³-hybridized carbons (Fsp3) is 0.500. The first-order valence-corrected chi connectivity index (χ1v) is 6.27. The number of amides is 1. The summed E-state index contributed by atoms with van der Waals surface area (Å²) in [5.74, 6) is 0.115. The standard InChI is InChI=1S/C14H19NO2/c16-14(15-11-13-7-4-10-17-13)9-8-12-5-2-1-3-6-12/h1-3,5-6,13H,4,7-11H2,(H,15,16)/t13-/m1/s1. The summed E-state index contributed by atoms with van der Waals surface area (Å²) in [6, 6.07) is 10.1. The number of ether oxygens (including phenoxy) is 1. The quantitative estimate of drug-likeness (QED) is 0.843. The van der Waals surface area contributed by atoms with Crippen LogP contribution in [0.25, 0.3) is 0 Å². The molecule has 1 atom stereocenters. The summed E-state index contributed by atoms with van der Waals surface area (Å²) in [7, 11) is 0. The van der Waals surface area contributed by atoms with Gasteiger partial charge in [-0.05, 0) is 24.8 Å². The van der Waals surface area contributed by atoms with Crippen molar-refractivity contribution in [3.05, 3.63) is 35.9 Å². The highest BCUT2D eigenvalue weighted by molar-refractivity contribution is 5.76. The van der Waals surface area contributed by atoms with Gasteiger partial charge in [0.25, 0.3) is 0 Å². The maximum atomic E-state index is 11.6. The van der Waals surface area contributed by atoms with Crippen molar-refractivity contribution in [1.29, 1.82) is 0 Å². The predicted molar refractivity (Wildman–Crippen MR) is 66.7 cm³/mol. The molecule has 0 aliphatic carbocycles. The minimum absolute atomic E-state index is 0.115. The molecule has 0 saturated carbocycles. The van der Waals surface area contributed by atoms with Gasteiger partial charge in [-0.15, -0.1) is 0 Å². The highest BCUT2D eigenvalue weighted by atomic mass is 16.5. The van der Waals surface area contributed by atoms with Crippen LogP contribution in [0.1, 0.15) is 24.8 Å². The monoisotopic (exact) mass is 233 g/mol. The van der Waals surface area contributed by atoms with Crippen LogP contribution in [0, 0.1) is 0 Å². The number of benzene rings is 1. The summed E-state index contributed by atoms with van der Waals surface area (Å²) >= 11 is 0. The Hall–Kier alpha value is -1.35. The second-order valence-corrected chi connectivity index (χ2v) is 4.42. The molecule has 1 heterocycles. The summed E-state index contributed by atoms with van der Waals surface area (Å²) in [6.45, 7) is 1.50. The van der Waals surface area contributed by atoms with E-state index in [0.717, 1.165) is 25.9 Å².